The van der Waals surface area contributed by atoms with Crippen LogP contribution in [0.3, 0.4) is 0 Å². The molecule has 0 radical (unpaired) electrons. The van der Waals surface area contributed by atoms with E-state index in [0.29, 0.717) is 0 Å². The molecule has 4 nitrogen and oxygen atoms in total. The van der Waals surface area contributed by atoms with E-state index in [1.807, 2.05) is 6.92 Å². The van der Waals surface area contributed by atoms with Gasteiger partial charge in [0.2, 0.25) is 0 Å². The van der Waals surface area contributed by atoms with Crippen LogP contribution in [0.4, 0.5) is 0 Å². The summed E-state index contributed by atoms with van der Waals surface area (Å²) in [7, 11) is -2.10. The van der Waals surface area contributed by atoms with E-state index in [1.54, 1.807) is 0 Å². The Balaban J connectivity index is 1.81. The number of hydrogen-bond acceptors (Lipinski definition) is 4. The van der Waals surface area contributed by atoms with Crippen LogP contribution in [-0.2, 0) is 14.3 Å². The Kier molecular flexibility index (Phi) is 2.41. The second-order valence-corrected chi connectivity index (χ2v) is 7.30. The lowest BCUT2D eigenvalue weighted by molar-refractivity contribution is -0.167. The highest BCUT2D eigenvalue weighted by Crippen LogP contribution is 2.62. The first-order chi connectivity index (χ1) is 6.76. The summed E-state index contributed by atoms with van der Waals surface area (Å²) in [6, 6.07) is 0. The molecule has 2 aliphatic rings. The topological polar surface area (TPSA) is 63.6 Å². The minimum absolute atomic E-state index is 0.132. The maximum atomic E-state index is 11.2. The Hall–Kier alpha value is -0.130. The van der Waals surface area contributed by atoms with E-state index in [0.717, 1.165) is 25.7 Å². The molecule has 0 aliphatic heterocycles. The summed E-state index contributed by atoms with van der Waals surface area (Å²) in [5.41, 5.74) is -0.261. The molecule has 1 spiro atoms. The van der Waals surface area contributed by atoms with Crippen LogP contribution >= 0.6 is 0 Å². The third-order valence-corrected chi connectivity index (χ3v) is 5.04. The van der Waals surface area contributed by atoms with Crippen LogP contribution in [0, 0.1) is 11.3 Å². The summed E-state index contributed by atoms with van der Waals surface area (Å²) in [6.07, 6.45) is 3.49. The van der Waals surface area contributed by atoms with Crippen LogP contribution in [0.1, 0.15) is 32.6 Å². The van der Waals surface area contributed by atoms with Crippen LogP contribution in [0.25, 0.3) is 0 Å². The highest BCUT2D eigenvalue weighted by Gasteiger charge is 2.57. The Morgan fingerprint density at radius 1 is 1.40 bits per heavy atom. The fourth-order valence-electron chi connectivity index (χ4n) is 3.49. The first-order valence-corrected chi connectivity index (χ1v) is 6.84. The van der Waals surface area contributed by atoms with E-state index >= 15 is 0 Å². The van der Waals surface area contributed by atoms with E-state index in [9.17, 15) is 13.5 Å². The van der Waals surface area contributed by atoms with Crippen molar-refractivity contribution in [3.05, 3.63) is 0 Å². The van der Waals surface area contributed by atoms with Gasteiger partial charge in [-0.15, -0.1) is 0 Å². The molecule has 0 amide bonds. The van der Waals surface area contributed by atoms with Gasteiger partial charge in [0.15, 0.2) is 0 Å². The molecule has 0 bridgehead atoms. The Bertz CT molecular complexity index is 342. The Morgan fingerprint density at radius 2 is 1.93 bits per heavy atom. The molecule has 0 atom stereocenters. The molecule has 2 aliphatic carbocycles. The quantitative estimate of drug-likeness (QED) is 0.737. The monoisotopic (exact) mass is 234 g/mol. The number of aliphatic hydroxyl groups is 1. The molecule has 0 unspecified atom stereocenters. The molecule has 2 saturated carbocycles. The standard InChI is InChI=1S/C10H18O4S/c1-9(11)6-10(7-9)3-8(4-10)5-15(12,13)14-2/h8,11H,3-7H2,1-2H3. The van der Waals surface area contributed by atoms with Gasteiger partial charge in [-0.2, -0.15) is 8.42 Å². The van der Waals surface area contributed by atoms with Crippen LogP contribution < -0.4 is 0 Å². The van der Waals surface area contributed by atoms with E-state index in [-0.39, 0.29) is 17.1 Å². The lowest BCUT2D eigenvalue weighted by Gasteiger charge is -2.60. The summed E-state index contributed by atoms with van der Waals surface area (Å²) in [6.45, 7) is 1.84. The van der Waals surface area contributed by atoms with Crippen molar-refractivity contribution in [2.45, 2.75) is 38.2 Å². The first kappa shape index (κ1) is 11.4. The van der Waals surface area contributed by atoms with Crippen molar-refractivity contribution >= 4 is 10.1 Å². The predicted molar refractivity (Wildman–Crippen MR) is 55.8 cm³/mol. The molecule has 0 aromatic heterocycles. The van der Waals surface area contributed by atoms with Gasteiger partial charge in [0, 0.05) is 0 Å². The van der Waals surface area contributed by atoms with Crippen molar-refractivity contribution in [3.8, 4) is 0 Å². The van der Waals surface area contributed by atoms with Crippen molar-refractivity contribution in [1.82, 2.24) is 0 Å². The van der Waals surface area contributed by atoms with Crippen molar-refractivity contribution in [2.24, 2.45) is 11.3 Å². The van der Waals surface area contributed by atoms with Crippen LogP contribution in [0.15, 0.2) is 0 Å². The van der Waals surface area contributed by atoms with Crippen molar-refractivity contribution in [3.63, 3.8) is 0 Å². The Labute approximate surface area is 90.8 Å². The van der Waals surface area contributed by atoms with Gasteiger partial charge in [-0.1, -0.05) is 0 Å². The second-order valence-electron chi connectivity index (χ2n) is 5.52. The van der Waals surface area contributed by atoms with Gasteiger partial charge in [-0.3, -0.25) is 4.18 Å². The highest BCUT2D eigenvalue weighted by atomic mass is 32.2. The van der Waals surface area contributed by atoms with Gasteiger partial charge in [-0.25, -0.2) is 0 Å². The van der Waals surface area contributed by atoms with E-state index in [4.69, 9.17) is 0 Å². The molecule has 15 heavy (non-hydrogen) atoms. The van der Waals surface area contributed by atoms with Gasteiger partial charge < -0.3 is 5.11 Å². The second kappa shape index (κ2) is 3.18. The van der Waals surface area contributed by atoms with Gasteiger partial charge in [-0.05, 0) is 43.9 Å². The smallest absolute Gasteiger partial charge is 0.267 e. The summed E-state index contributed by atoms with van der Waals surface area (Å²) >= 11 is 0. The molecular formula is C10H18O4S. The van der Waals surface area contributed by atoms with E-state index < -0.39 is 15.7 Å². The normalized spacial score (nSPS) is 44.9. The molecule has 88 valence electrons. The average molecular weight is 234 g/mol. The lowest BCUT2D eigenvalue weighted by atomic mass is 9.47. The fraction of sp³-hybridized carbons (Fsp3) is 1.00. The number of rotatable bonds is 3. The molecule has 0 heterocycles. The molecule has 1 N–H and O–H groups in total. The molecule has 2 rings (SSSR count). The molecule has 0 aromatic rings. The number of hydrogen-bond donors (Lipinski definition) is 1. The summed E-state index contributed by atoms with van der Waals surface area (Å²) in [5, 5.41) is 9.64. The predicted octanol–water partition coefficient (Wildman–Crippen LogP) is 0.904. The third kappa shape index (κ3) is 2.19. The fourth-order valence-corrected chi connectivity index (χ4v) is 4.44. The highest BCUT2D eigenvalue weighted by molar-refractivity contribution is 7.86. The van der Waals surface area contributed by atoms with Gasteiger partial charge in [0.25, 0.3) is 10.1 Å². The zero-order valence-corrected chi connectivity index (χ0v) is 10.0. The van der Waals surface area contributed by atoms with E-state index in [1.165, 1.54) is 7.11 Å². The van der Waals surface area contributed by atoms with Crippen molar-refractivity contribution < 1.29 is 17.7 Å². The molecule has 5 heteroatoms. The third-order valence-electron chi connectivity index (χ3n) is 3.65. The zero-order valence-electron chi connectivity index (χ0n) is 9.19. The van der Waals surface area contributed by atoms with Gasteiger partial charge in [0.05, 0.1) is 18.5 Å². The van der Waals surface area contributed by atoms with Crippen molar-refractivity contribution in [1.29, 1.82) is 0 Å². The van der Waals surface area contributed by atoms with Gasteiger partial charge >= 0.3 is 0 Å². The largest absolute Gasteiger partial charge is 0.390 e. The van der Waals surface area contributed by atoms with E-state index in [2.05, 4.69) is 4.18 Å². The van der Waals surface area contributed by atoms with Crippen LogP contribution in [0.2, 0.25) is 0 Å². The zero-order chi connectivity index (χ0) is 11.3. The summed E-state index contributed by atoms with van der Waals surface area (Å²) in [4.78, 5) is 0. The van der Waals surface area contributed by atoms with Crippen LogP contribution in [-0.4, -0.2) is 32.0 Å². The molecular weight excluding hydrogens is 216 g/mol. The average Bonchev–Trinajstić information content (AvgIpc) is 1.97. The molecule has 2 fully saturated rings. The minimum Gasteiger partial charge on any atom is -0.390 e. The Morgan fingerprint density at radius 3 is 2.33 bits per heavy atom. The SMILES string of the molecule is COS(=O)(=O)CC1CC2(C1)CC(C)(O)C2. The summed E-state index contributed by atoms with van der Waals surface area (Å²) < 4.78 is 26.8. The maximum Gasteiger partial charge on any atom is 0.267 e. The lowest BCUT2D eigenvalue weighted by Crippen LogP contribution is -2.57. The minimum atomic E-state index is -3.31. The van der Waals surface area contributed by atoms with Gasteiger partial charge in [0.1, 0.15) is 0 Å². The summed E-state index contributed by atoms with van der Waals surface area (Å²) in [5.74, 6) is 0.360. The maximum absolute atomic E-state index is 11.2. The van der Waals surface area contributed by atoms with Crippen LogP contribution in [0.5, 0.6) is 0 Å². The molecule has 0 aromatic carbocycles. The van der Waals surface area contributed by atoms with Crippen molar-refractivity contribution in [2.75, 3.05) is 12.9 Å². The first-order valence-electron chi connectivity index (χ1n) is 5.27. The molecule has 0 saturated heterocycles.